The van der Waals surface area contributed by atoms with Crippen molar-refractivity contribution in [1.82, 2.24) is 0 Å². The molecule has 84 valence electrons. The van der Waals surface area contributed by atoms with Gasteiger partial charge in [0.2, 0.25) is 5.79 Å². The maximum atomic E-state index is 5.75. The topological polar surface area (TPSA) is 18.5 Å². The second-order valence-electron chi connectivity index (χ2n) is 3.35. The third kappa shape index (κ3) is 2.56. The maximum Gasteiger partial charge on any atom is 0.204 e. The Labute approximate surface area is 107 Å². The molecule has 2 rings (SSSR count). The molecular weight excluding hydrogens is 300 g/mol. The van der Waals surface area contributed by atoms with E-state index in [0.29, 0.717) is 19.1 Å². The summed E-state index contributed by atoms with van der Waals surface area (Å²) < 4.78 is 12.6. The van der Waals surface area contributed by atoms with E-state index in [2.05, 4.69) is 15.9 Å². The van der Waals surface area contributed by atoms with Gasteiger partial charge in [-0.1, -0.05) is 0 Å². The van der Waals surface area contributed by atoms with Crippen LogP contribution in [0.2, 0.25) is 0 Å². The fourth-order valence-electron chi connectivity index (χ4n) is 1.68. The van der Waals surface area contributed by atoms with E-state index in [0.717, 1.165) is 21.5 Å². The van der Waals surface area contributed by atoms with Crippen molar-refractivity contribution in [2.24, 2.45) is 0 Å². The SMILES string of the molecule is ClCCCC1(c2ccc(Br)s2)OCCO1. The van der Waals surface area contributed by atoms with Gasteiger partial charge < -0.3 is 9.47 Å². The normalized spacial score (nSPS) is 19.6. The summed E-state index contributed by atoms with van der Waals surface area (Å²) in [5, 5.41) is 0. The Hall–Kier alpha value is 0.390. The Morgan fingerprint density at radius 3 is 2.67 bits per heavy atom. The van der Waals surface area contributed by atoms with Crippen LogP contribution in [0.4, 0.5) is 0 Å². The van der Waals surface area contributed by atoms with Gasteiger partial charge in [-0.05, 0) is 34.5 Å². The molecule has 1 aromatic rings. The second kappa shape index (κ2) is 5.15. The van der Waals surface area contributed by atoms with E-state index in [9.17, 15) is 0 Å². The van der Waals surface area contributed by atoms with Crippen LogP contribution in [-0.4, -0.2) is 19.1 Å². The van der Waals surface area contributed by atoms with Gasteiger partial charge in [0.1, 0.15) is 0 Å². The van der Waals surface area contributed by atoms with Crippen molar-refractivity contribution >= 4 is 38.9 Å². The molecule has 0 atom stereocenters. The molecule has 0 aliphatic carbocycles. The summed E-state index contributed by atoms with van der Waals surface area (Å²) >= 11 is 10.8. The van der Waals surface area contributed by atoms with Gasteiger partial charge in [0.05, 0.1) is 21.9 Å². The van der Waals surface area contributed by atoms with Gasteiger partial charge in [0, 0.05) is 12.3 Å². The largest absolute Gasteiger partial charge is 0.343 e. The number of alkyl halides is 1. The van der Waals surface area contributed by atoms with Crippen molar-refractivity contribution in [2.75, 3.05) is 19.1 Å². The van der Waals surface area contributed by atoms with Crippen molar-refractivity contribution in [3.8, 4) is 0 Å². The minimum absolute atomic E-state index is 0.536. The molecule has 0 radical (unpaired) electrons. The molecule has 0 saturated carbocycles. The number of hydrogen-bond donors (Lipinski definition) is 0. The molecule has 0 aromatic carbocycles. The first kappa shape index (κ1) is 11.9. The summed E-state index contributed by atoms with van der Waals surface area (Å²) in [6, 6.07) is 4.07. The van der Waals surface area contributed by atoms with Gasteiger partial charge in [-0.25, -0.2) is 0 Å². The summed E-state index contributed by atoms with van der Waals surface area (Å²) in [7, 11) is 0. The Kier molecular flexibility index (Phi) is 4.07. The fraction of sp³-hybridized carbons (Fsp3) is 0.600. The molecule has 0 amide bonds. The molecule has 0 unspecified atom stereocenters. The lowest BCUT2D eigenvalue weighted by Crippen LogP contribution is -2.25. The highest BCUT2D eigenvalue weighted by Gasteiger charge is 2.39. The van der Waals surface area contributed by atoms with Gasteiger partial charge in [-0.15, -0.1) is 22.9 Å². The van der Waals surface area contributed by atoms with Crippen LogP contribution in [0.1, 0.15) is 17.7 Å². The van der Waals surface area contributed by atoms with Gasteiger partial charge in [-0.2, -0.15) is 0 Å². The summed E-state index contributed by atoms with van der Waals surface area (Å²) in [6.45, 7) is 1.33. The molecule has 1 aliphatic heterocycles. The van der Waals surface area contributed by atoms with Crippen LogP contribution in [0.25, 0.3) is 0 Å². The molecule has 2 heterocycles. The first-order valence-electron chi connectivity index (χ1n) is 4.86. The predicted molar refractivity (Wildman–Crippen MR) is 65.6 cm³/mol. The van der Waals surface area contributed by atoms with E-state index < -0.39 is 5.79 Å². The Morgan fingerprint density at radius 1 is 1.40 bits per heavy atom. The van der Waals surface area contributed by atoms with E-state index in [1.54, 1.807) is 11.3 Å². The number of thiophene rings is 1. The van der Waals surface area contributed by atoms with Crippen LogP contribution in [-0.2, 0) is 15.3 Å². The van der Waals surface area contributed by atoms with Gasteiger partial charge in [-0.3, -0.25) is 0 Å². The Bertz CT molecular complexity index is 323. The molecule has 0 bridgehead atoms. The van der Waals surface area contributed by atoms with Crippen molar-refractivity contribution < 1.29 is 9.47 Å². The molecule has 1 saturated heterocycles. The van der Waals surface area contributed by atoms with Crippen LogP contribution in [0.5, 0.6) is 0 Å². The van der Waals surface area contributed by atoms with Crippen molar-refractivity contribution in [1.29, 1.82) is 0 Å². The van der Waals surface area contributed by atoms with Crippen LogP contribution in [0, 0.1) is 0 Å². The average molecular weight is 312 g/mol. The number of rotatable bonds is 4. The number of halogens is 2. The van der Waals surface area contributed by atoms with E-state index in [4.69, 9.17) is 21.1 Å². The lowest BCUT2D eigenvalue weighted by Gasteiger charge is -2.25. The first-order chi connectivity index (χ1) is 7.27. The zero-order valence-electron chi connectivity index (χ0n) is 8.17. The lowest BCUT2D eigenvalue weighted by atomic mass is 10.1. The lowest BCUT2D eigenvalue weighted by molar-refractivity contribution is -0.168. The third-order valence-electron chi connectivity index (χ3n) is 2.34. The van der Waals surface area contributed by atoms with Crippen LogP contribution < -0.4 is 0 Å². The smallest absolute Gasteiger partial charge is 0.204 e. The van der Waals surface area contributed by atoms with E-state index >= 15 is 0 Å². The van der Waals surface area contributed by atoms with Gasteiger partial charge in [0.25, 0.3) is 0 Å². The molecule has 1 fully saturated rings. The van der Waals surface area contributed by atoms with Crippen molar-refractivity contribution in [3.05, 3.63) is 20.8 Å². The molecule has 15 heavy (non-hydrogen) atoms. The quantitative estimate of drug-likeness (QED) is 0.789. The fourth-order valence-corrected chi connectivity index (χ4v) is 3.33. The highest BCUT2D eigenvalue weighted by molar-refractivity contribution is 9.11. The zero-order valence-corrected chi connectivity index (χ0v) is 11.3. The van der Waals surface area contributed by atoms with Crippen LogP contribution in [0.3, 0.4) is 0 Å². The first-order valence-corrected chi connectivity index (χ1v) is 7.01. The van der Waals surface area contributed by atoms with Gasteiger partial charge >= 0.3 is 0 Å². The number of hydrogen-bond acceptors (Lipinski definition) is 3. The second-order valence-corrected chi connectivity index (χ2v) is 6.19. The highest BCUT2D eigenvalue weighted by Crippen LogP contribution is 2.40. The average Bonchev–Trinajstić information content (AvgIpc) is 2.84. The molecule has 1 aromatic heterocycles. The summed E-state index contributed by atoms with van der Waals surface area (Å²) in [6.07, 6.45) is 1.72. The molecular formula is C10H12BrClO2S. The van der Waals surface area contributed by atoms with Crippen molar-refractivity contribution in [2.45, 2.75) is 18.6 Å². The monoisotopic (exact) mass is 310 g/mol. The Morgan fingerprint density at radius 2 is 2.13 bits per heavy atom. The Balaban J connectivity index is 2.18. The summed E-state index contributed by atoms with van der Waals surface area (Å²) in [5.74, 6) is 0.104. The predicted octanol–water partition coefficient (Wildman–Crippen LogP) is 3.73. The molecule has 2 nitrogen and oxygen atoms in total. The van der Waals surface area contributed by atoms with E-state index in [1.807, 2.05) is 12.1 Å². The van der Waals surface area contributed by atoms with E-state index in [1.165, 1.54) is 0 Å². The summed E-state index contributed by atoms with van der Waals surface area (Å²) in [4.78, 5) is 1.12. The van der Waals surface area contributed by atoms with Crippen LogP contribution in [0.15, 0.2) is 15.9 Å². The van der Waals surface area contributed by atoms with Crippen LogP contribution >= 0.6 is 38.9 Å². The third-order valence-corrected chi connectivity index (χ3v) is 4.36. The van der Waals surface area contributed by atoms with E-state index in [-0.39, 0.29) is 0 Å². The van der Waals surface area contributed by atoms with Crippen molar-refractivity contribution in [3.63, 3.8) is 0 Å². The minimum Gasteiger partial charge on any atom is -0.343 e. The molecule has 1 aliphatic rings. The summed E-state index contributed by atoms with van der Waals surface area (Å²) in [5.41, 5.74) is 0. The molecule has 0 spiro atoms. The molecule has 5 heteroatoms. The maximum absolute atomic E-state index is 5.75. The highest BCUT2D eigenvalue weighted by atomic mass is 79.9. The standard InChI is InChI=1S/C10H12BrClO2S/c11-9-3-2-8(15-9)10(4-1-5-12)13-6-7-14-10/h2-3H,1,4-7H2. The van der Waals surface area contributed by atoms with Gasteiger partial charge in [0.15, 0.2) is 0 Å². The number of ether oxygens (including phenoxy) is 2. The molecule has 0 N–H and O–H groups in total. The zero-order chi connectivity index (χ0) is 10.7. The minimum atomic E-state index is -0.536.